The zero-order chi connectivity index (χ0) is 8.15. The summed E-state index contributed by atoms with van der Waals surface area (Å²) in [5, 5.41) is 0. The first kappa shape index (κ1) is 9.29. The van der Waals surface area contributed by atoms with Gasteiger partial charge in [-0.3, -0.25) is 4.79 Å². The van der Waals surface area contributed by atoms with Gasteiger partial charge in [0.2, 0.25) is 0 Å². The second-order valence-electron chi connectivity index (χ2n) is 1.23. The van der Waals surface area contributed by atoms with Crippen LogP contribution >= 0.6 is 11.6 Å². The van der Waals surface area contributed by atoms with Crippen LogP contribution in [0.5, 0.6) is 0 Å². The van der Waals surface area contributed by atoms with E-state index < -0.39 is 24.2 Å². The molecule has 0 aliphatic heterocycles. The molecule has 0 aliphatic rings. The van der Waals surface area contributed by atoms with Gasteiger partial charge in [0, 0.05) is 0 Å². The molecule has 0 atom stereocenters. The van der Waals surface area contributed by atoms with Gasteiger partial charge in [0.25, 0.3) is 0 Å². The van der Waals surface area contributed by atoms with Gasteiger partial charge in [-0.15, -0.1) is 11.6 Å². The first-order valence-electron chi connectivity index (χ1n) is 2.16. The highest BCUT2D eigenvalue weighted by Gasteiger charge is 2.19. The molecule has 0 aromatic carbocycles. The smallest absolute Gasteiger partial charge is 0.381 e. The predicted molar refractivity (Wildman–Crippen MR) is 27.8 cm³/mol. The van der Waals surface area contributed by atoms with Gasteiger partial charge in [0.1, 0.15) is 5.88 Å². The molecule has 0 aromatic rings. The molecule has 3 nitrogen and oxygen atoms in total. The molecular weight excluding hydrogens is 169 g/mol. The standard InChI is InChI=1S/C4H3ClF2O3/c5-1-2(8)10-4(9)3(6)7/h3H,1H2. The van der Waals surface area contributed by atoms with Crippen LogP contribution < -0.4 is 0 Å². The molecular formula is C4H3ClF2O3. The highest BCUT2D eigenvalue weighted by molar-refractivity contribution is 6.27. The summed E-state index contributed by atoms with van der Waals surface area (Å²) in [5.74, 6) is -3.66. The first-order valence-corrected chi connectivity index (χ1v) is 2.70. The maximum Gasteiger partial charge on any atom is 0.381 e. The topological polar surface area (TPSA) is 43.4 Å². The Morgan fingerprint density at radius 3 is 2.30 bits per heavy atom. The third-order valence-corrected chi connectivity index (χ3v) is 0.720. The van der Waals surface area contributed by atoms with Crippen LogP contribution in [0, 0.1) is 0 Å². The number of halogens is 3. The maximum atomic E-state index is 11.3. The number of hydrogen-bond acceptors (Lipinski definition) is 3. The van der Waals surface area contributed by atoms with Crippen LogP contribution in [0.25, 0.3) is 0 Å². The van der Waals surface area contributed by atoms with E-state index in [4.69, 9.17) is 11.6 Å². The van der Waals surface area contributed by atoms with E-state index in [1.807, 2.05) is 0 Å². The van der Waals surface area contributed by atoms with Crippen molar-refractivity contribution in [2.75, 3.05) is 5.88 Å². The lowest BCUT2D eigenvalue weighted by atomic mass is 10.7. The van der Waals surface area contributed by atoms with Crippen molar-refractivity contribution in [3.8, 4) is 0 Å². The molecule has 6 heteroatoms. The average molecular weight is 173 g/mol. The zero-order valence-corrected chi connectivity index (χ0v) is 5.40. The lowest BCUT2D eigenvalue weighted by molar-refractivity contribution is -0.166. The Bertz CT molecular complexity index is 147. The molecule has 0 radical (unpaired) electrons. The van der Waals surface area contributed by atoms with E-state index in [2.05, 4.69) is 4.74 Å². The van der Waals surface area contributed by atoms with Gasteiger partial charge in [-0.05, 0) is 0 Å². The summed E-state index contributed by atoms with van der Waals surface area (Å²) < 4.78 is 26.0. The normalized spacial score (nSPS) is 9.60. The Kier molecular flexibility index (Phi) is 3.87. The summed E-state index contributed by atoms with van der Waals surface area (Å²) in [6, 6.07) is 0. The molecule has 0 bridgehead atoms. The summed E-state index contributed by atoms with van der Waals surface area (Å²) in [5.41, 5.74) is 0. The summed E-state index contributed by atoms with van der Waals surface area (Å²) in [6.07, 6.45) is -3.29. The van der Waals surface area contributed by atoms with Gasteiger partial charge >= 0.3 is 18.4 Å². The summed E-state index contributed by atoms with van der Waals surface area (Å²) in [4.78, 5) is 19.9. The molecule has 0 N–H and O–H groups in total. The van der Waals surface area contributed by atoms with E-state index in [-0.39, 0.29) is 0 Å². The zero-order valence-electron chi connectivity index (χ0n) is 4.64. The van der Waals surface area contributed by atoms with E-state index >= 15 is 0 Å². The van der Waals surface area contributed by atoms with E-state index in [9.17, 15) is 18.4 Å². The van der Waals surface area contributed by atoms with Gasteiger partial charge in [-0.25, -0.2) is 4.79 Å². The highest BCUT2D eigenvalue weighted by atomic mass is 35.5. The van der Waals surface area contributed by atoms with Crippen molar-refractivity contribution in [1.82, 2.24) is 0 Å². The van der Waals surface area contributed by atoms with E-state index in [1.54, 1.807) is 0 Å². The number of alkyl halides is 3. The number of hydrogen-bond donors (Lipinski definition) is 0. The van der Waals surface area contributed by atoms with E-state index in [1.165, 1.54) is 0 Å². The van der Waals surface area contributed by atoms with Crippen LogP contribution in [0.3, 0.4) is 0 Å². The van der Waals surface area contributed by atoms with Crippen molar-refractivity contribution in [3.63, 3.8) is 0 Å². The Balaban J connectivity index is 3.69. The second kappa shape index (κ2) is 4.16. The fraction of sp³-hybridized carbons (Fsp3) is 0.500. The Morgan fingerprint density at radius 2 is 2.00 bits per heavy atom. The first-order chi connectivity index (χ1) is 4.57. The Hall–Kier alpha value is -0.710. The molecule has 0 fully saturated rings. The van der Waals surface area contributed by atoms with Crippen LogP contribution in [-0.4, -0.2) is 24.2 Å². The molecule has 0 amide bonds. The number of carbonyl (C=O) groups is 2. The maximum absolute atomic E-state index is 11.3. The number of esters is 2. The molecule has 0 aromatic heterocycles. The van der Waals surface area contributed by atoms with Crippen molar-refractivity contribution < 1.29 is 23.1 Å². The van der Waals surface area contributed by atoms with Crippen molar-refractivity contribution in [2.45, 2.75) is 6.43 Å². The van der Waals surface area contributed by atoms with Gasteiger partial charge in [0.15, 0.2) is 0 Å². The van der Waals surface area contributed by atoms with Crippen molar-refractivity contribution in [1.29, 1.82) is 0 Å². The highest BCUT2D eigenvalue weighted by Crippen LogP contribution is 1.96. The van der Waals surface area contributed by atoms with Crippen LogP contribution in [0.2, 0.25) is 0 Å². The minimum Gasteiger partial charge on any atom is -0.388 e. The molecule has 0 aliphatic carbocycles. The SMILES string of the molecule is O=C(CCl)OC(=O)C(F)F. The van der Waals surface area contributed by atoms with Crippen molar-refractivity contribution in [2.24, 2.45) is 0 Å². The fourth-order valence-corrected chi connectivity index (χ4v) is 0.239. The second-order valence-corrected chi connectivity index (χ2v) is 1.49. The summed E-state index contributed by atoms with van der Waals surface area (Å²) in [6.45, 7) is 0. The molecule has 58 valence electrons. The molecule has 0 heterocycles. The van der Waals surface area contributed by atoms with Crippen molar-refractivity contribution in [3.05, 3.63) is 0 Å². The molecule has 0 saturated heterocycles. The quantitative estimate of drug-likeness (QED) is 0.347. The summed E-state index contributed by atoms with van der Waals surface area (Å²) in [7, 11) is 0. The van der Waals surface area contributed by atoms with Crippen LogP contribution in [0.15, 0.2) is 0 Å². The van der Waals surface area contributed by atoms with Crippen LogP contribution in [-0.2, 0) is 14.3 Å². The van der Waals surface area contributed by atoms with Gasteiger partial charge < -0.3 is 4.74 Å². The number of ether oxygens (including phenoxy) is 1. The largest absolute Gasteiger partial charge is 0.388 e. The minimum atomic E-state index is -3.29. The van der Waals surface area contributed by atoms with Gasteiger partial charge in [0.05, 0.1) is 0 Å². The number of rotatable bonds is 2. The van der Waals surface area contributed by atoms with Gasteiger partial charge in [-0.1, -0.05) is 0 Å². The van der Waals surface area contributed by atoms with E-state index in [0.717, 1.165) is 0 Å². The monoisotopic (exact) mass is 172 g/mol. The van der Waals surface area contributed by atoms with Crippen LogP contribution in [0.4, 0.5) is 8.78 Å². The Labute approximate surface area is 59.9 Å². The molecule has 0 rings (SSSR count). The molecule has 0 spiro atoms. The minimum absolute atomic E-state index is 0.613. The molecule has 0 saturated carbocycles. The molecule has 10 heavy (non-hydrogen) atoms. The fourth-order valence-electron chi connectivity index (χ4n) is 0.184. The molecule has 0 unspecified atom stereocenters. The van der Waals surface area contributed by atoms with Crippen LogP contribution in [0.1, 0.15) is 0 Å². The van der Waals surface area contributed by atoms with Gasteiger partial charge in [-0.2, -0.15) is 8.78 Å². The third kappa shape index (κ3) is 3.34. The average Bonchev–Trinajstić information content (AvgIpc) is 1.87. The summed E-state index contributed by atoms with van der Waals surface area (Å²) >= 11 is 4.83. The van der Waals surface area contributed by atoms with Crippen molar-refractivity contribution >= 4 is 23.5 Å². The van der Waals surface area contributed by atoms with E-state index in [0.29, 0.717) is 0 Å². The lowest BCUT2D eigenvalue weighted by Gasteiger charge is -1.96. The number of carbonyl (C=O) groups excluding carboxylic acids is 2. The lowest BCUT2D eigenvalue weighted by Crippen LogP contribution is -2.19. The Morgan fingerprint density at radius 1 is 1.50 bits per heavy atom. The third-order valence-electron chi connectivity index (χ3n) is 0.502. The predicted octanol–water partition coefficient (Wildman–Crippen LogP) is 0.560.